The zero-order valence-corrected chi connectivity index (χ0v) is 16.3. The second-order valence-corrected chi connectivity index (χ2v) is 6.00. The maximum absolute atomic E-state index is 6.01. The van der Waals surface area contributed by atoms with Gasteiger partial charge in [0.1, 0.15) is 0 Å². The fourth-order valence-corrected chi connectivity index (χ4v) is 2.59. The molecular weight excluding hydrogens is 427 g/mol. The van der Waals surface area contributed by atoms with Crippen molar-refractivity contribution in [3.05, 3.63) is 67.6 Å². The fourth-order valence-electron chi connectivity index (χ4n) is 1.60. The highest BCUT2D eigenvalue weighted by Crippen LogP contribution is 2.22. The minimum Gasteiger partial charge on any atom is -0.367 e. The molecule has 2 aromatic rings. The summed E-state index contributed by atoms with van der Waals surface area (Å²) in [4.78, 5) is 0. The molecule has 0 amide bonds. The molecule has 0 aliphatic heterocycles. The molecule has 2 rings (SSSR count). The summed E-state index contributed by atoms with van der Waals surface area (Å²) in [6.07, 6.45) is 2.83. The first kappa shape index (κ1) is 21.5. The zero-order valence-electron chi connectivity index (χ0n) is 12.5. The van der Waals surface area contributed by atoms with Crippen LogP contribution in [0.5, 0.6) is 0 Å². The van der Waals surface area contributed by atoms with Gasteiger partial charge in [-0.05, 0) is 24.3 Å². The number of hydrogen-bond acceptors (Lipinski definition) is 3. The minimum atomic E-state index is -0.0335. The first-order valence-corrected chi connectivity index (χ1v) is 8.04. The van der Waals surface area contributed by atoms with Crippen LogP contribution in [-0.2, 0) is 0 Å². The molecule has 0 unspecified atom stereocenters. The molecule has 5 nitrogen and oxygen atoms in total. The molecule has 3 N–H and O–H groups in total. The van der Waals surface area contributed by atoms with Crippen molar-refractivity contribution in [2.45, 2.75) is 0 Å². The van der Waals surface area contributed by atoms with Crippen LogP contribution in [-0.4, -0.2) is 18.4 Å². The van der Waals surface area contributed by atoms with Crippen molar-refractivity contribution in [3.63, 3.8) is 0 Å². The van der Waals surface area contributed by atoms with Gasteiger partial charge >= 0.3 is 0 Å². The van der Waals surface area contributed by atoms with Crippen molar-refractivity contribution in [1.29, 1.82) is 0 Å². The van der Waals surface area contributed by atoms with Gasteiger partial charge in [0.2, 0.25) is 5.96 Å². The Hall–Kier alpha value is -1.50. The number of hydrogen-bond donors (Lipinski definition) is 2. The molecule has 0 heterocycles. The summed E-state index contributed by atoms with van der Waals surface area (Å²) in [5, 5.41) is 13.3. The smallest absolute Gasteiger partial charge is 0.234 e. The Labute approximate surface area is 170 Å². The Kier molecular flexibility index (Phi) is 9.03. The molecule has 0 radical (unpaired) electrons. The van der Waals surface area contributed by atoms with Crippen LogP contribution < -0.4 is 11.2 Å². The number of nitrogens with two attached hydrogens (primary N) is 1. The normalized spacial score (nSPS) is 11.8. The molecule has 10 heteroatoms. The van der Waals surface area contributed by atoms with Gasteiger partial charge in [-0.25, -0.2) is 5.43 Å². The quantitative estimate of drug-likeness (QED) is 0.400. The largest absolute Gasteiger partial charge is 0.367 e. The van der Waals surface area contributed by atoms with E-state index < -0.39 is 0 Å². The molecule has 132 valence electrons. The molecule has 0 aliphatic carbocycles. The van der Waals surface area contributed by atoms with Gasteiger partial charge in [-0.2, -0.15) is 10.2 Å². The highest BCUT2D eigenvalue weighted by Gasteiger charge is 2.02. The molecule has 0 atom stereocenters. The maximum atomic E-state index is 6.01. The Morgan fingerprint density at radius 2 is 1.28 bits per heavy atom. The monoisotopic (exact) mass is 437 g/mol. The molecular formula is C15H12Cl5N5. The van der Waals surface area contributed by atoms with Crippen molar-refractivity contribution in [1.82, 2.24) is 5.43 Å². The van der Waals surface area contributed by atoms with Crippen LogP contribution in [0.1, 0.15) is 11.1 Å². The summed E-state index contributed by atoms with van der Waals surface area (Å²) in [5.41, 5.74) is 9.24. The average Bonchev–Trinajstić information content (AvgIpc) is 2.53. The molecule has 25 heavy (non-hydrogen) atoms. The molecule has 0 fully saturated rings. The minimum absolute atomic E-state index is 0. The van der Waals surface area contributed by atoms with E-state index in [1.54, 1.807) is 36.4 Å². The first-order valence-electron chi connectivity index (χ1n) is 6.52. The fraction of sp³-hybridized carbons (Fsp3) is 0. The van der Waals surface area contributed by atoms with Crippen LogP contribution in [0.2, 0.25) is 20.1 Å². The number of halogens is 5. The SMILES string of the molecule is Cl.NC(=NN=Cc1c(Cl)cccc1Cl)NN=Cc1c(Cl)cccc1Cl. The lowest BCUT2D eigenvalue weighted by Gasteiger charge is -2.01. The predicted octanol–water partition coefficient (Wildman–Crippen LogP) is 4.99. The van der Waals surface area contributed by atoms with Gasteiger partial charge in [0.15, 0.2) is 0 Å². The summed E-state index contributed by atoms with van der Waals surface area (Å²) in [6, 6.07) is 10.2. The van der Waals surface area contributed by atoms with Crippen molar-refractivity contribution in [2.24, 2.45) is 21.0 Å². The summed E-state index contributed by atoms with van der Waals surface area (Å²) in [6.45, 7) is 0. The number of nitrogens with zero attached hydrogens (tertiary/aromatic N) is 3. The second-order valence-electron chi connectivity index (χ2n) is 4.37. The van der Waals surface area contributed by atoms with Crippen LogP contribution in [0.4, 0.5) is 0 Å². The van der Waals surface area contributed by atoms with Crippen LogP contribution in [0.15, 0.2) is 51.7 Å². The predicted molar refractivity (Wildman–Crippen MR) is 110 cm³/mol. The third kappa shape index (κ3) is 6.38. The van der Waals surface area contributed by atoms with E-state index in [0.717, 1.165) is 0 Å². The lowest BCUT2D eigenvalue weighted by atomic mass is 10.2. The molecule has 0 aliphatic rings. The number of nitrogens with one attached hydrogen (secondary N) is 1. The third-order valence-corrected chi connectivity index (χ3v) is 4.04. The summed E-state index contributed by atoms with van der Waals surface area (Å²) >= 11 is 24.0. The summed E-state index contributed by atoms with van der Waals surface area (Å²) in [5.74, 6) is -0.0335. The topological polar surface area (TPSA) is 75.1 Å². The summed E-state index contributed by atoms with van der Waals surface area (Å²) < 4.78 is 0. The van der Waals surface area contributed by atoms with Gasteiger partial charge in [0.05, 0.1) is 32.5 Å². The number of hydrazone groups is 1. The molecule has 0 aromatic heterocycles. The van der Waals surface area contributed by atoms with Gasteiger partial charge in [0.25, 0.3) is 0 Å². The van der Waals surface area contributed by atoms with E-state index in [2.05, 4.69) is 20.7 Å². The van der Waals surface area contributed by atoms with Crippen LogP contribution in [0.25, 0.3) is 0 Å². The van der Waals surface area contributed by atoms with Crippen molar-refractivity contribution >= 4 is 77.2 Å². The van der Waals surface area contributed by atoms with Crippen molar-refractivity contribution < 1.29 is 0 Å². The third-order valence-electron chi connectivity index (χ3n) is 2.72. The van der Waals surface area contributed by atoms with Gasteiger partial charge in [-0.15, -0.1) is 17.5 Å². The van der Waals surface area contributed by atoms with E-state index in [9.17, 15) is 0 Å². The zero-order chi connectivity index (χ0) is 17.5. The van der Waals surface area contributed by atoms with E-state index >= 15 is 0 Å². The van der Waals surface area contributed by atoms with Crippen molar-refractivity contribution in [3.8, 4) is 0 Å². The van der Waals surface area contributed by atoms with E-state index in [0.29, 0.717) is 31.2 Å². The lowest BCUT2D eigenvalue weighted by molar-refractivity contribution is 0.994. The molecule has 0 bridgehead atoms. The van der Waals surface area contributed by atoms with E-state index in [4.69, 9.17) is 52.1 Å². The highest BCUT2D eigenvalue weighted by atomic mass is 35.5. The molecule has 0 spiro atoms. The Morgan fingerprint density at radius 3 is 1.76 bits per heavy atom. The first-order chi connectivity index (χ1) is 11.5. The van der Waals surface area contributed by atoms with Crippen LogP contribution in [0.3, 0.4) is 0 Å². The number of benzene rings is 2. The van der Waals surface area contributed by atoms with Crippen LogP contribution >= 0.6 is 58.8 Å². The van der Waals surface area contributed by atoms with Crippen molar-refractivity contribution in [2.75, 3.05) is 0 Å². The van der Waals surface area contributed by atoms with Gasteiger partial charge in [-0.1, -0.05) is 58.5 Å². The maximum Gasteiger partial charge on any atom is 0.234 e. The summed E-state index contributed by atoms with van der Waals surface area (Å²) in [7, 11) is 0. The Balaban J connectivity index is 0.00000312. The molecule has 0 saturated heterocycles. The van der Waals surface area contributed by atoms with E-state index in [-0.39, 0.29) is 18.4 Å². The highest BCUT2D eigenvalue weighted by molar-refractivity contribution is 6.39. The Bertz CT molecular complexity index is 779. The average molecular weight is 440 g/mol. The van der Waals surface area contributed by atoms with E-state index in [1.807, 2.05) is 0 Å². The standard InChI is InChI=1S/C15H11Cl4N5.ClH/c16-11-3-1-4-12(17)9(11)7-21-23-15(20)24-22-8-10-13(18)5-2-6-14(10)19;/h1-8H,(H3,20,23,24);1H. The second kappa shape index (κ2) is 10.5. The number of guanidine groups is 1. The molecule has 2 aromatic carbocycles. The van der Waals surface area contributed by atoms with Crippen LogP contribution in [0, 0.1) is 0 Å². The van der Waals surface area contributed by atoms with Gasteiger partial charge in [0, 0.05) is 11.1 Å². The Morgan fingerprint density at radius 1 is 0.840 bits per heavy atom. The van der Waals surface area contributed by atoms with Gasteiger partial charge < -0.3 is 5.73 Å². The lowest BCUT2D eigenvalue weighted by Crippen LogP contribution is -2.26. The number of rotatable bonds is 4. The van der Waals surface area contributed by atoms with Gasteiger partial charge in [-0.3, -0.25) is 0 Å². The van der Waals surface area contributed by atoms with E-state index in [1.165, 1.54) is 12.4 Å². The molecule has 0 saturated carbocycles.